The van der Waals surface area contributed by atoms with Crippen LogP contribution < -0.4 is 5.32 Å². The SMILES string of the molecule is CCNc1ncc(F)cc1C(=O)N1CCOC(C)(C)C1. The van der Waals surface area contributed by atoms with Gasteiger partial charge >= 0.3 is 0 Å². The van der Waals surface area contributed by atoms with Crippen molar-refractivity contribution in [1.29, 1.82) is 0 Å². The van der Waals surface area contributed by atoms with Crippen LogP contribution in [0.1, 0.15) is 31.1 Å². The standard InChI is InChI=1S/C14H20FN3O2/c1-4-16-12-11(7-10(15)8-17-12)13(19)18-5-6-20-14(2,3)9-18/h7-8H,4-6,9H2,1-3H3,(H,16,17). The van der Waals surface area contributed by atoms with Gasteiger partial charge in [0.05, 0.1) is 24.0 Å². The van der Waals surface area contributed by atoms with E-state index in [4.69, 9.17) is 4.74 Å². The van der Waals surface area contributed by atoms with Gasteiger partial charge in [-0.2, -0.15) is 0 Å². The van der Waals surface area contributed by atoms with E-state index < -0.39 is 5.82 Å². The molecule has 1 fully saturated rings. The molecule has 1 N–H and O–H groups in total. The highest BCUT2D eigenvalue weighted by molar-refractivity contribution is 5.98. The van der Waals surface area contributed by atoms with Gasteiger partial charge in [0.2, 0.25) is 0 Å². The molecule has 0 aliphatic carbocycles. The topological polar surface area (TPSA) is 54.5 Å². The van der Waals surface area contributed by atoms with E-state index in [9.17, 15) is 9.18 Å². The monoisotopic (exact) mass is 281 g/mol. The second-order valence-corrected chi connectivity index (χ2v) is 5.41. The third-order valence-corrected chi connectivity index (χ3v) is 3.14. The van der Waals surface area contributed by atoms with Crippen LogP contribution in [0, 0.1) is 5.82 Å². The van der Waals surface area contributed by atoms with Crippen molar-refractivity contribution >= 4 is 11.7 Å². The van der Waals surface area contributed by atoms with Gasteiger partial charge in [0.25, 0.3) is 5.91 Å². The van der Waals surface area contributed by atoms with Gasteiger partial charge in [0.1, 0.15) is 11.6 Å². The summed E-state index contributed by atoms with van der Waals surface area (Å²) in [5.74, 6) is -0.310. The number of hydrogen-bond acceptors (Lipinski definition) is 4. The lowest BCUT2D eigenvalue weighted by Crippen LogP contribution is -2.50. The molecule has 0 spiro atoms. The number of carbonyl (C=O) groups excluding carboxylic acids is 1. The molecule has 1 aliphatic rings. The van der Waals surface area contributed by atoms with Crippen molar-refractivity contribution in [2.24, 2.45) is 0 Å². The van der Waals surface area contributed by atoms with Crippen LogP contribution in [0.25, 0.3) is 0 Å². The molecule has 6 heteroatoms. The largest absolute Gasteiger partial charge is 0.372 e. The molecule has 5 nitrogen and oxygen atoms in total. The highest BCUT2D eigenvalue weighted by atomic mass is 19.1. The van der Waals surface area contributed by atoms with Crippen LogP contribution in [0.4, 0.5) is 10.2 Å². The zero-order chi connectivity index (χ0) is 14.8. The Morgan fingerprint density at radius 2 is 2.35 bits per heavy atom. The molecule has 0 unspecified atom stereocenters. The molecule has 110 valence electrons. The summed E-state index contributed by atoms with van der Waals surface area (Å²) in [6.45, 7) is 7.85. The Kier molecular flexibility index (Phi) is 4.23. The average molecular weight is 281 g/mol. The molecular weight excluding hydrogens is 261 g/mol. The van der Waals surface area contributed by atoms with Crippen molar-refractivity contribution in [2.45, 2.75) is 26.4 Å². The van der Waals surface area contributed by atoms with Crippen LogP contribution in [0.3, 0.4) is 0 Å². The molecule has 1 aromatic heterocycles. The number of carbonyl (C=O) groups is 1. The Morgan fingerprint density at radius 1 is 1.60 bits per heavy atom. The molecule has 0 aromatic carbocycles. The molecule has 0 bridgehead atoms. The first-order valence-electron chi connectivity index (χ1n) is 6.75. The Hall–Kier alpha value is -1.69. The zero-order valence-electron chi connectivity index (χ0n) is 12.1. The van der Waals surface area contributed by atoms with Gasteiger partial charge in [-0.1, -0.05) is 0 Å². The lowest BCUT2D eigenvalue weighted by molar-refractivity contribution is -0.0763. The summed E-state index contributed by atoms with van der Waals surface area (Å²) in [5, 5.41) is 2.99. The van der Waals surface area contributed by atoms with E-state index in [-0.39, 0.29) is 17.1 Å². The minimum Gasteiger partial charge on any atom is -0.372 e. The van der Waals surface area contributed by atoms with Gasteiger partial charge in [0.15, 0.2) is 0 Å². The summed E-state index contributed by atoms with van der Waals surface area (Å²) < 4.78 is 19.0. The number of amides is 1. The van der Waals surface area contributed by atoms with Crippen molar-refractivity contribution in [1.82, 2.24) is 9.88 Å². The second kappa shape index (κ2) is 5.75. The van der Waals surface area contributed by atoms with Gasteiger partial charge in [-0.15, -0.1) is 0 Å². The van der Waals surface area contributed by atoms with E-state index >= 15 is 0 Å². The normalized spacial score (nSPS) is 17.9. The average Bonchev–Trinajstić information content (AvgIpc) is 2.39. The summed E-state index contributed by atoms with van der Waals surface area (Å²) in [6, 6.07) is 1.23. The molecule has 2 rings (SSSR count). The molecular formula is C14H20FN3O2. The molecule has 1 saturated heterocycles. The Bertz CT molecular complexity index is 505. The van der Waals surface area contributed by atoms with Crippen molar-refractivity contribution in [3.05, 3.63) is 23.6 Å². The number of anilines is 1. The van der Waals surface area contributed by atoms with Crippen molar-refractivity contribution in [3.8, 4) is 0 Å². The Morgan fingerprint density at radius 3 is 3.00 bits per heavy atom. The first kappa shape index (κ1) is 14.7. The molecule has 1 aliphatic heterocycles. The number of pyridine rings is 1. The van der Waals surface area contributed by atoms with Gasteiger partial charge in [-0.05, 0) is 26.8 Å². The highest BCUT2D eigenvalue weighted by Gasteiger charge is 2.31. The van der Waals surface area contributed by atoms with Gasteiger partial charge in [-0.25, -0.2) is 9.37 Å². The Labute approximate surface area is 118 Å². The number of aromatic nitrogens is 1. The van der Waals surface area contributed by atoms with Gasteiger partial charge in [0, 0.05) is 19.6 Å². The number of morpholine rings is 1. The van der Waals surface area contributed by atoms with E-state index in [2.05, 4.69) is 10.3 Å². The lowest BCUT2D eigenvalue weighted by Gasteiger charge is -2.38. The molecule has 1 amide bonds. The first-order valence-corrected chi connectivity index (χ1v) is 6.75. The van der Waals surface area contributed by atoms with E-state index in [0.717, 1.165) is 6.20 Å². The number of ether oxygens (including phenoxy) is 1. The fraction of sp³-hybridized carbons (Fsp3) is 0.571. The van der Waals surface area contributed by atoms with E-state index in [1.807, 2.05) is 20.8 Å². The van der Waals surface area contributed by atoms with Crippen LogP contribution >= 0.6 is 0 Å². The van der Waals surface area contributed by atoms with Crippen molar-refractivity contribution in [2.75, 3.05) is 31.6 Å². The summed E-state index contributed by atoms with van der Waals surface area (Å²) in [7, 11) is 0. The Balaban J connectivity index is 2.26. The minimum absolute atomic E-state index is 0.218. The summed E-state index contributed by atoms with van der Waals surface area (Å²) in [4.78, 5) is 18.2. The van der Waals surface area contributed by atoms with Crippen LogP contribution in [0.2, 0.25) is 0 Å². The number of halogens is 1. The number of nitrogens with one attached hydrogen (secondary N) is 1. The number of nitrogens with zero attached hydrogens (tertiary/aromatic N) is 2. The zero-order valence-corrected chi connectivity index (χ0v) is 12.1. The third-order valence-electron chi connectivity index (χ3n) is 3.14. The summed E-state index contributed by atoms with van der Waals surface area (Å²) in [5.41, 5.74) is -0.114. The van der Waals surface area contributed by atoms with Crippen molar-refractivity contribution < 1.29 is 13.9 Å². The van der Waals surface area contributed by atoms with E-state index in [0.29, 0.717) is 32.1 Å². The molecule has 0 radical (unpaired) electrons. The molecule has 20 heavy (non-hydrogen) atoms. The maximum atomic E-state index is 13.4. The fourth-order valence-electron chi connectivity index (χ4n) is 2.27. The van der Waals surface area contributed by atoms with E-state index in [1.165, 1.54) is 6.07 Å². The summed E-state index contributed by atoms with van der Waals surface area (Å²) in [6.07, 6.45) is 1.11. The number of rotatable bonds is 3. The van der Waals surface area contributed by atoms with Crippen LogP contribution in [-0.2, 0) is 4.74 Å². The van der Waals surface area contributed by atoms with Crippen LogP contribution in [0.15, 0.2) is 12.3 Å². The molecule has 0 saturated carbocycles. The first-order chi connectivity index (χ1) is 9.43. The molecule has 0 atom stereocenters. The predicted molar refractivity (Wildman–Crippen MR) is 74.3 cm³/mol. The lowest BCUT2D eigenvalue weighted by atomic mass is 10.1. The van der Waals surface area contributed by atoms with Gasteiger partial charge in [-0.3, -0.25) is 4.79 Å². The van der Waals surface area contributed by atoms with Gasteiger partial charge < -0.3 is 15.0 Å². The maximum Gasteiger partial charge on any atom is 0.257 e. The van der Waals surface area contributed by atoms with Crippen molar-refractivity contribution in [3.63, 3.8) is 0 Å². The van der Waals surface area contributed by atoms with Crippen LogP contribution in [-0.4, -0.2) is 47.6 Å². The summed E-state index contributed by atoms with van der Waals surface area (Å²) >= 11 is 0. The molecule has 2 heterocycles. The molecule has 1 aromatic rings. The smallest absolute Gasteiger partial charge is 0.257 e. The maximum absolute atomic E-state index is 13.4. The van der Waals surface area contributed by atoms with E-state index in [1.54, 1.807) is 4.90 Å². The van der Waals surface area contributed by atoms with Crippen LogP contribution in [0.5, 0.6) is 0 Å². The fourth-order valence-corrected chi connectivity index (χ4v) is 2.27. The number of hydrogen-bond donors (Lipinski definition) is 1. The minimum atomic E-state index is -0.512. The highest BCUT2D eigenvalue weighted by Crippen LogP contribution is 2.21. The quantitative estimate of drug-likeness (QED) is 0.919. The second-order valence-electron chi connectivity index (χ2n) is 5.41. The third kappa shape index (κ3) is 3.25. The predicted octanol–water partition coefficient (Wildman–Crippen LogP) is 1.90.